The standard InChI is InChI=1S/C15H15N3O3/c1-17(2)12-8-9-14(18(20)21)13(10-12)15(19)16-11-6-4-3-5-7-11/h3-10H,1-2H3,(H,16,19). The van der Waals surface area contributed by atoms with Crippen molar-refractivity contribution in [2.24, 2.45) is 0 Å². The Balaban J connectivity index is 2.38. The number of nitro benzene ring substituents is 1. The number of hydrogen-bond acceptors (Lipinski definition) is 4. The third-order valence-electron chi connectivity index (χ3n) is 2.97. The first kappa shape index (κ1) is 14.5. The Bertz CT molecular complexity index is 669. The summed E-state index contributed by atoms with van der Waals surface area (Å²) in [6.07, 6.45) is 0. The van der Waals surface area contributed by atoms with Crippen LogP contribution in [0.4, 0.5) is 17.1 Å². The van der Waals surface area contributed by atoms with E-state index in [2.05, 4.69) is 5.32 Å². The topological polar surface area (TPSA) is 75.5 Å². The Morgan fingerprint density at radius 1 is 1.14 bits per heavy atom. The second-order valence-electron chi connectivity index (χ2n) is 4.67. The molecule has 0 aliphatic carbocycles. The highest BCUT2D eigenvalue weighted by Gasteiger charge is 2.21. The highest BCUT2D eigenvalue weighted by atomic mass is 16.6. The minimum Gasteiger partial charge on any atom is -0.378 e. The smallest absolute Gasteiger partial charge is 0.282 e. The Morgan fingerprint density at radius 3 is 2.38 bits per heavy atom. The molecule has 0 atom stereocenters. The summed E-state index contributed by atoms with van der Waals surface area (Å²) < 4.78 is 0. The van der Waals surface area contributed by atoms with Crippen molar-refractivity contribution in [2.75, 3.05) is 24.3 Å². The highest BCUT2D eigenvalue weighted by Crippen LogP contribution is 2.25. The quantitative estimate of drug-likeness (QED) is 0.692. The molecule has 1 N–H and O–H groups in total. The zero-order valence-corrected chi connectivity index (χ0v) is 11.7. The van der Waals surface area contributed by atoms with E-state index >= 15 is 0 Å². The van der Waals surface area contributed by atoms with Gasteiger partial charge in [0, 0.05) is 31.5 Å². The average Bonchev–Trinajstić information content (AvgIpc) is 2.47. The molecule has 21 heavy (non-hydrogen) atoms. The fourth-order valence-corrected chi connectivity index (χ4v) is 1.86. The van der Waals surface area contributed by atoms with Gasteiger partial charge in [-0.3, -0.25) is 14.9 Å². The molecule has 0 aliphatic heterocycles. The van der Waals surface area contributed by atoms with E-state index in [9.17, 15) is 14.9 Å². The maximum atomic E-state index is 12.3. The van der Waals surface area contributed by atoms with Gasteiger partial charge >= 0.3 is 0 Å². The number of benzene rings is 2. The Labute approximate surface area is 122 Å². The van der Waals surface area contributed by atoms with E-state index in [1.807, 2.05) is 6.07 Å². The summed E-state index contributed by atoms with van der Waals surface area (Å²) in [6.45, 7) is 0. The van der Waals surface area contributed by atoms with Crippen molar-refractivity contribution in [3.8, 4) is 0 Å². The zero-order chi connectivity index (χ0) is 15.4. The van der Waals surface area contributed by atoms with E-state index in [1.54, 1.807) is 49.3 Å². The van der Waals surface area contributed by atoms with Crippen LogP contribution in [-0.4, -0.2) is 24.9 Å². The van der Waals surface area contributed by atoms with E-state index in [4.69, 9.17) is 0 Å². The molecule has 6 heteroatoms. The monoisotopic (exact) mass is 285 g/mol. The van der Waals surface area contributed by atoms with Crippen LogP contribution in [0.2, 0.25) is 0 Å². The summed E-state index contributed by atoms with van der Waals surface area (Å²) in [5.41, 5.74) is 1.13. The van der Waals surface area contributed by atoms with Crippen LogP contribution in [0.5, 0.6) is 0 Å². The molecule has 2 rings (SSSR count). The summed E-state index contributed by atoms with van der Waals surface area (Å²) in [5.74, 6) is -0.503. The van der Waals surface area contributed by atoms with Crippen molar-refractivity contribution in [3.05, 3.63) is 64.2 Å². The number of nitrogens with zero attached hydrogens (tertiary/aromatic N) is 2. The molecule has 0 fully saturated rings. The first-order chi connectivity index (χ1) is 9.99. The summed E-state index contributed by atoms with van der Waals surface area (Å²) in [4.78, 5) is 24.6. The average molecular weight is 285 g/mol. The minimum absolute atomic E-state index is 0.0371. The van der Waals surface area contributed by atoms with Crippen LogP contribution < -0.4 is 10.2 Å². The molecule has 0 saturated heterocycles. The Kier molecular flexibility index (Phi) is 4.18. The number of para-hydroxylation sites is 1. The number of anilines is 2. The van der Waals surface area contributed by atoms with Crippen LogP contribution >= 0.6 is 0 Å². The number of amides is 1. The Morgan fingerprint density at radius 2 is 1.81 bits per heavy atom. The van der Waals surface area contributed by atoms with Crippen LogP contribution in [-0.2, 0) is 0 Å². The lowest BCUT2D eigenvalue weighted by Crippen LogP contribution is -2.16. The fourth-order valence-electron chi connectivity index (χ4n) is 1.86. The SMILES string of the molecule is CN(C)c1ccc([N+](=O)[O-])c(C(=O)Nc2ccccc2)c1. The number of carbonyl (C=O) groups excluding carboxylic acids is 1. The Hall–Kier alpha value is -2.89. The molecule has 0 unspecified atom stereocenters. The van der Waals surface area contributed by atoms with Crippen molar-refractivity contribution in [2.45, 2.75) is 0 Å². The second kappa shape index (κ2) is 6.04. The first-order valence-corrected chi connectivity index (χ1v) is 6.31. The molecular weight excluding hydrogens is 270 g/mol. The van der Waals surface area contributed by atoms with Gasteiger partial charge in [0.1, 0.15) is 5.56 Å². The summed E-state index contributed by atoms with van der Waals surface area (Å²) in [5, 5.41) is 13.7. The van der Waals surface area contributed by atoms with Crippen molar-refractivity contribution >= 4 is 23.0 Å². The van der Waals surface area contributed by atoms with Crippen molar-refractivity contribution in [3.63, 3.8) is 0 Å². The van der Waals surface area contributed by atoms with Crippen LogP contribution in [0.25, 0.3) is 0 Å². The van der Waals surface area contributed by atoms with Crippen LogP contribution in [0, 0.1) is 10.1 Å². The van der Waals surface area contributed by atoms with E-state index < -0.39 is 10.8 Å². The van der Waals surface area contributed by atoms with Crippen molar-refractivity contribution in [1.29, 1.82) is 0 Å². The maximum absolute atomic E-state index is 12.3. The van der Waals surface area contributed by atoms with Crippen molar-refractivity contribution < 1.29 is 9.72 Å². The lowest BCUT2D eigenvalue weighted by Gasteiger charge is -2.14. The molecule has 0 spiro atoms. The summed E-state index contributed by atoms with van der Waals surface area (Å²) in [7, 11) is 3.61. The van der Waals surface area contributed by atoms with Crippen LogP contribution in [0.1, 0.15) is 10.4 Å². The van der Waals surface area contributed by atoms with E-state index in [0.29, 0.717) is 5.69 Å². The third-order valence-corrected chi connectivity index (χ3v) is 2.97. The largest absolute Gasteiger partial charge is 0.378 e. The van der Waals surface area contributed by atoms with Gasteiger partial charge in [-0.05, 0) is 24.3 Å². The minimum atomic E-state index is -0.556. The third kappa shape index (κ3) is 3.36. The van der Waals surface area contributed by atoms with Gasteiger partial charge in [-0.25, -0.2) is 0 Å². The molecule has 0 saturated carbocycles. The molecule has 0 heterocycles. The summed E-state index contributed by atoms with van der Waals surface area (Å²) in [6, 6.07) is 13.3. The maximum Gasteiger partial charge on any atom is 0.282 e. The van der Waals surface area contributed by atoms with Crippen LogP contribution in [0.3, 0.4) is 0 Å². The molecule has 0 aromatic heterocycles. The van der Waals surface area contributed by atoms with Gasteiger partial charge in [0.15, 0.2) is 0 Å². The van der Waals surface area contributed by atoms with Gasteiger partial charge in [-0.1, -0.05) is 18.2 Å². The first-order valence-electron chi connectivity index (χ1n) is 6.31. The lowest BCUT2D eigenvalue weighted by molar-refractivity contribution is -0.385. The van der Waals surface area contributed by atoms with Gasteiger partial charge in [0.05, 0.1) is 4.92 Å². The van der Waals surface area contributed by atoms with E-state index in [-0.39, 0.29) is 11.3 Å². The number of carbonyl (C=O) groups is 1. The van der Waals surface area contributed by atoms with Gasteiger partial charge in [0.25, 0.3) is 11.6 Å². The molecule has 0 radical (unpaired) electrons. The van der Waals surface area contributed by atoms with Gasteiger partial charge in [-0.2, -0.15) is 0 Å². The van der Waals surface area contributed by atoms with Crippen LogP contribution in [0.15, 0.2) is 48.5 Å². The van der Waals surface area contributed by atoms with E-state index in [1.165, 1.54) is 12.1 Å². The molecule has 1 amide bonds. The number of nitrogens with one attached hydrogen (secondary N) is 1. The van der Waals surface area contributed by atoms with Gasteiger partial charge in [0.2, 0.25) is 0 Å². The molecule has 6 nitrogen and oxygen atoms in total. The molecule has 0 aliphatic rings. The fraction of sp³-hybridized carbons (Fsp3) is 0.133. The molecule has 0 bridgehead atoms. The second-order valence-corrected chi connectivity index (χ2v) is 4.67. The molecule has 2 aromatic carbocycles. The van der Waals surface area contributed by atoms with E-state index in [0.717, 1.165) is 5.69 Å². The predicted molar refractivity (Wildman–Crippen MR) is 81.8 cm³/mol. The zero-order valence-electron chi connectivity index (χ0n) is 11.7. The predicted octanol–water partition coefficient (Wildman–Crippen LogP) is 2.91. The summed E-state index contributed by atoms with van der Waals surface area (Å²) >= 11 is 0. The normalized spacial score (nSPS) is 10.0. The number of nitro groups is 1. The number of rotatable bonds is 4. The highest BCUT2D eigenvalue weighted by molar-refractivity contribution is 6.07. The van der Waals surface area contributed by atoms with Crippen molar-refractivity contribution in [1.82, 2.24) is 0 Å². The molecular formula is C15H15N3O3. The molecule has 2 aromatic rings. The lowest BCUT2D eigenvalue weighted by atomic mass is 10.1. The molecule has 108 valence electrons. The number of hydrogen-bond donors (Lipinski definition) is 1. The van der Waals surface area contributed by atoms with Gasteiger partial charge in [-0.15, -0.1) is 0 Å². The van der Waals surface area contributed by atoms with Gasteiger partial charge < -0.3 is 10.2 Å².